The molecule has 564 valence electrons. The van der Waals surface area contributed by atoms with Crippen LogP contribution in [-0.2, 0) is 33.2 Å². The summed E-state index contributed by atoms with van der Waals surface area (Å²) >= 11 is 0. The molecule has 19 heteroatoms. The number of unbranched alkanes of at least 4 members (excludes halogenated alkanes) is 26. The van der Waals surface area contributed by atoms with Gasteiger partial charge in [0.15, 0.2) is 18.9 Å². The molecule has 0 bridgehead atoms. The molecule has 3 saturated heterocycles. The SMILES string of the molecule is CC/C=C\C/C=C\C/C=C\C/C=C\C/C=C\C/C=C\C/C=C\C/C=C\CCCCCCCCC(=O)NC(COC1OC(CO)C(OC2OC(CO)C(OC3OC(CO)C(O)C(O)C3O)C(O)C2O)C(O)C1O)C(O)/C=C/CCCCCCCCCCCCCCCCCCCCCC. The summed E-state index contributed by atoms with van der Waals surface area (Å²) in [6, 6.07) is -0.991. The number of carbonyl (C=O) groups excluding carboxylic acids is 1. The predicted molar refractivity (Wildman–Crippen MR) is 387 cm³/mol. The van der Waals surface area contributed by atoms with Crippen LogP contribution < -0.4 is 5.32 Å². The molecule has 98 heavy (non-hydrogen) atoms. The van der Waals surface area contributed by atoms with E-state index in [2.05, 4.69) is 116 Å². The second-order valence-electron chi connectivity index (χ2n) is 26.7. The summed E-state index contributed by atoms with van der Waals surface area (Å²) in [5.41, 5.74) is 0. The maximum absolute atomic E-state index is 13.5. The maximum Gasteiger partial charge on any atom is 0.220 e. The van der Waals surface area contributed by atoms with E-state index in [9.17, 15) is 61.0 Å². The number of aliphatic hydroxyl groups excluding tert-OH is 11. The molecule has 3 aliphatic heterocycles. The van der Waals surface area contributed by atoms with Crippen LogP contribution in [0, 0.1) is 0 Å². The molecule has 12 N–H and O–H groups in total. The van der Waals surface area contributed by atoms with Crippen LogP contribution in [0.4, 0.5) is 0 Å². The summed E-state index contributed by atoms with van der Waals surface area (Å²) in [5.74, 6) is -0.293. The first kappa shape index (κ1) is 88.7. The van der Waals surface area contributed by atoms with Crippen molar-refractivity contribution in [3.8, 4) is 0 Å². The highest BCUT2D eigenvalue weighted by Crippen LogP contribution is 2.33. The summed E-state index contributed by atoms with van der Waals surface area (Å²) in [4.78, 5) is 13.5. The summed E-state index contributed by atoms with van der Waals surface area (Å²) < 4.78 is 34.4. The standard InChI is InChI=1S/C79H135NO18/c1-3-5-7-9-11-13-15-17-19-21-23-25-27-28-29-30-31-32-33-34-35-37-39-41-43-45-47-49-51-53-55-57-67(85)80-62(63(84)56-54-52-50-48-46-44-42-40-38-36-26-24-22-20-18-16-14-12-10-8-6-4-2)61-93-77-73(91)70(88)75(65(59-82)95-77)98-79-74(92)71(89)76(66(60-83)96-79)97-78-72(90)69(87)68(86)64(58-81)94-78/h5,7,11,13,17,19,23,25,28-29,31-32,34-35,39,41,54,56,62-66,68-79,81-84,86-92H,3-4,6,8-10,12,14-16,18,20-22,24,26-27,30,33,36-38,40,42-53,55,57-61H2,1-2H3,(H,80,85)/b7-5-,13-11-,19-17-,25-23-,29-28-,32-31-,35-34-,41-39-,56-54+. The van der Waals surface area contributed by atoms with Crippen LogP contribution in [0.5, 0.6) is 0 Å². The highest BCUT2D eigenvalue weighted by Gasteiger charge is 2.53. The minimum absolute atomic E-state index is 0.219. The fourth-order valence-electron chi connectivity index (χ4n) is 12.2. The van der Waals surface area contributed by atoms with Gasteiger partial charge >= 0.3 is 0 Å². The van der Waals surface area contributed by atoms with Crippen molar-refractivity contribution in [1.29, 1.82) is 0 Å². The Morgan fingerprint density at radius 1 is 0.378 bits per heavy atom. The van der Waals surface area contributed by atoms with Crippen molar-refractivity contribution in [3.05, 3.63) is 109 Å². The first-order valence-corrected chi connectivity index (χ1v) is 38.1. The average molecular weight is 1390 g/mol. The Balaban J connectivity index is 1.41. The minimum Gasteiger partial charge on any atom is -0.394 e. The van der Waals surface area contributed by atoms with Gasteiger partial charge in [0, 0.05) is 6.42 Å². The Morgan fingerprint density at radius 3 is 1.10 bits per heavy atom. The molecule has 3 heterocycles. The predicted octanol–water partition coefficient (Wildman–Crippen LogP) is 11.8. The number of rotatable bonds is 58. The lowest BCUT2D eigenvalue weighted by atomic mass is 9.96. The van der Waals surface area contributed by atoms with Gasteiger partial charge in [0.2, 0.25) is 5.91 Å². The normalized spacial score (nSPS) is 27.4. The molecule has 0 aromatic carbocycles. The van der Waals surface area contributed by atoms with Gasteiger partial charge in [-0.15, -0.1) is 0 Å². The van der Waals surface area contributed by atoms with E-state index < -0.39 is 124 Å². The monoisotopic (exact) mass is 1390 g/mol. The van der Waals surface area contributed by atoms with Gasteiger partial charge in [-0.05, 0) is 83.5 Å². The molecule has 0 aliphatic carbocycles. The van der Waals surface area contributed by atoms with E-state index in [0.717, 1.165) is 116 Å². The number of ether oxygens (including phenoxy) is 6. The molecule has 3 rings (SSSR count). The molecule has 0 aromatic rings. The third kappa shape index (κ3) is 39.2. The van der Waals surface area contributed by atoms with Crippen LogP contribution in [0.2, 0.25) is 0 Å². The van der Waals surface area contributed by atoms with Crippen molar-refractivity contribution in [3.63, 3.8) is 0 Å². The summed E-state index contributed by atoms with van der Waals surface area (Å²) in [6.45, 7) is 1.62. The number of nitrogens with one attached hydrogen (secondary N) is 1. The largest absolute Gasteiger partial charge is 0.394 e. The molecule has 19 nitrogen and oxygen atoms in total. The zero-order chi connectivity index (χ0) is 71.1. The van der Waals surface area contributed by atoms with Crippen LogP contribution in [-0.4, -0.2) is 193 Å². The van der Waals surface area contributed by atoms with Crippen molar-refractivity contribution in [2.24, 2.45) is 0 Å². The van der Waals surface area contributed by atoms with Gasteiger partial charge in [-0.1, -0.05) is 271 Å². The minimum atomic E-state index is -1.99. The van der Waals surface area contributed by atoms with Gasteiger partial charge in [0.05, 0.1) is 38.6 Å². The molecule has 0 aromatic heterocycles. The van der Waals surface area contributed by atoms with E-state index in [0.29, 0.717) is 6.42 Å². The second kappa shape index (κ2) is 58.9. The number of hydrogen-bond donors (Lipinski definition) is 12. The van der Waals surface area contributed by atoms with Crippen molar-refractivity contribution in [2.45, 2.75) is 356 Å². The smallest absolute Gasteiger partial charge is 0.220 e. The van der Waals surface area contributed by atoms with Gasteiger partial charge in [0.1, 0.15) is 73.2 Å². The van der Waals surface area contributed by atoms with E-state index in [1.54, 1.807) is 6.08 Å². The number of hydrogen-bond acceptors (Lipinski definition) is 18. The highest BCUT2D eigenvalue weighted by molar-refractivity contribution is 5.76. The molecule has 1 amide bonds. The lowest BCUT2D eigenvalue weighted by Gasteiger charge is -2.48. The summed E-state index contributed by atoms with van der Waals surface area (Å²) in [7, 11) is 0. The van der Waals surface area contributed by atoms with Gasteiger partial charge in [-0.25, -0.2) is 0 Å². The summed E-state index contributed by atoms with van der Waals surface area (Å²) in [6.07, 6.45) is 53.4. The average Bonchev–Trinajstić information content (AvgIpc) is 0.785. The number of allylic oxidation sites excluding steroid dienone is 17. The quantitative estimate of drug-likeness (QED) is 0.0199. The Labute approximate surface area is 589 Å². The number of aliphatic hydroxyl groups is 11. The maximum atomic E-state index is 13.5. The van der Waals surface area contributed by atoms with Gasteiger partial charge in [0.25, 0.3) is 0 Å². The van der Waals surface area contributed by atoms with Crippen LogP contribution in [0.25, 0.3) is 0 Å². The molecule has 17 atom stereocenters. The third-order valence-electron chi connectivity index (χ3n) is 18.3. The lowest BCUT2D eigenvalue weighted by molar-refractivity contribution is -0.379. The zero-order valence-electron chi connectivity index (χ0n) is 60.0. The Morgan fingerprint density at radius 2 is 0.704 bits per heavy atom. The Hall–Kier alpha value is -3.55. The van der Waals surface area contributed by atoms with Crippen molar-refractivity contribution < 1.29 is 89.4 Å². The molecule has 0 spiro atoms. The number of carbonyl (C=O) groups is 1. The van der Waals surface area contributed by atoms with Crippen molar-refractivity contribution >= 4 is 5.91 Å². The van der Waals surface area contributed by atoms with Crippen LogP contribution in [0.1, 0.15) is 251 Å². The summed E-state index contributed by atoms with van der Waals surface area (Å²) in [5, 5.41) is 121. The first-order valence-electron chi connectivity index (χ1n) is 38.1. The lowest BCUT2D eigenvalue weighted by Crippen LogP contribution is -2.66. The highest BCUT2D eigenvalue weighted by atomic mass is 16.8. The van der Waals surface area contributed by atoms with Crippen LogP contribution in [0.3, 0.4) is 0 Å². The molecular weight excluding hydrogens is 1250 g/mol. The van der Waals surface area contributed by atoms with Gasteiger partial charge < -0.3 is 89.9 Å². The Kier molecular flexibility index (Phi) is 53.3. The van der Waals surface area contributed by atoms with E-state index in [-0.39, 0.29) is 18.9 Å². The zero-order valence-corrected chi connectivity index (χ0v) is 60.0. The van der Waals surface area contributed by atoms with Gasteiger partial charge in [-0.3, -0.25) is 4.79 Å². The second-order valence-corrected chi connectivity index (χ2v) is 26.7. The molecule has 0 saturated carbocycles. The van der Waals surface area contributed by atoms with E-state index in [4.69, 9.17) is 28.4 Å². The third-order valence-corrected chi connectivity index (χ3v) is 18.3. The fraction of sp³-hybridized carbons (Fsp3) is 0.759. The van der Waals surface area contributed by atoms with E-state index >= 15 is 0 Å². The number of amides is 1. The van der Waals surface area contributed by atoms with Crippen molar-refractivity contribution in [1.82, 2.24) is 5.32 Å². The Bertz CT molecular complexity index is 2200. The molecule has 3 aliphatic rings. The van der Waals surface area contributed by atoms with E-state index in [1.165, 1.54) is 109 Å². The molecular formula is C79H135NO18. The molecule has 0 radical (unpaired) electrons. The molecule has 3 fully saturated rings. The molecule has 17 unspecified atom stereocenters. The first-order chi connectivity index (χ1) is 47.8. The van der Waals surface area contributed by atoms with Crippen LogP contribution in [0.15, 0.2) is 109 Å². The van der Waals surface area contributed by atoms with Crippen LogP contribution >= 0.6 is 0 Å². The van der Waals surface area contributed by atoms with Gasteiger partial charge in [-0.2, -0.15) is 0 Å². The topological polar surface area (TPSA) is 307 Å². The fourth-order valence-corrected chi connectivity index (χ4v) is 12.2. The van der Waals surface area contributed by atoms with Crippen molar-refractivity contribution in [2.75, 3.05) is 26.4 Å². The van der Waals surface area contributed by atoms with E-state index in [1.807, 2.05) is 6.08 Å².